The number of methoxy groups -OCH3 is 1. The summed E-state index contributed by atoms with van der Waals surface area (Å²) in [7, 11) is 1.63. The van der Waals surface area contributed by atoms with Crippen molar-refractivity contribution < 1.29 is 28.7 Å². The summed E-state index contributed by atoms with van der Waals surface area (Å²) < 4.78 is 5.68. The van der Waals surface area contributed by atoms with Crippen molar-refractivity contribution in [3.8, 4) is 0 Å². The number of hydrogen-bond acceptors (Lipinski definition) is 6. The van der Waals surface area contributed by atoms with Crippen LogP contribution in [0.1, 0.15) is 109 Å². The number of Topliss-reactive ketones (excluding diaryl/α,β-unsaturated/α-hetero) is 1. The highest BCUT2D eigenvalue weighted by Gasteiger charge is 2.41. The zero-order valence-electron chi connectivity index (χ0n) is 27.2. The van der Waals surface area contributed by atoms with Gasteiger partial charge < -0.3 is 25.6 Å². The van der Waals surface area contributed by atoms with Crippen LogP contribution in [0.2, 0.25) is 0 Å². The molecule has 0 spiro atoms. The molecular weight excluding hydrogens is 572 g/mol. The minimum absolute atomic E-state index is 0.178. The number of fused-ring (bicyclic) bond motifs is 2. The number of amides is 4. The summed E-state index contributed by atoms with van der Waals surface area (Å²) in [6, 6.07) is 4.44. The molecule has 2 fully saturated rings. The number of nitrogens with zero attached hydrogens (tertiary/aromatic N) is 1. The van der Waals surface area contributed by atoms with E-state index in [-0.39, 0.29) is 36.0 Å². The van der Waals surface area contributed by atoms with Crippen LogP contribution >= 0.6 is 0 Å². The van der Waals surface area contributed by atoms with E-state index in [0.717, 1.165) is 42.4 Å². The summed E-state index contributed by atoms with van der Waals surface area (Å²) in [6.45, 7) is 6.16. The molecule has 10 nitrogen and oxygen atoms in total. The van der Waals surface area contributed by atoms with E-state index in [1.807, 2.05) is 51.1 Å². The number of carbonyl (C=O) groups is 5. The molecule has 0 radical (unpaired) electrons. The third-order valence-electron chi connectivity index (χ3n) is 9.62. The van der Waals surface area contributed by atoms with Crippen LogP contribution < -0.4 is 16.0 Å². The van der Waals surface area contributed by atoms with E-state index in [9.17, 15) is 24.0 Å². The van der Waals surface area contributed by atoms with Crippen LogP contribution in [0.15, 0.2) is 30.3 Å². The van der Waals surface area contributed by atoms with E-state index in [2.05, 4.69) is 16.0 Å². The van der Waals surface area contributed by atoms with Crippen molar-refractivity contribution >= 4 is 35.0 Å². The van der Waals surface area contributed by atoms with Gasteiger partial charge in [-0.15, -0.1) is 0 Å². The largest absolute Gasteiger partial charge is 0.373 e. The Kier molecular flexibility index (Phi) is 12.3. The number of ketones is 1. The summed E-state index contributed by atoms with van der Waals surface area (Å²) in [4.78, 5) is 69.1. The molecule has 0 saturated carbocycles. The molecule has 4 amide bonds. The number of nitrogens with one attached hydrogen (secondary N) is 3. The first kappa shape index (κ1) is 34.3. The molecule has 1 aliphatic carbocycles. The Morgan fingerprint density at radius 2 is 1.69 bits per heavy atom. The number of carbonyl (C=O) groups excluding carboxylic acids is 5. The average molecular weight is 623 g/mol. The molecule has 2 saturated heterocycles. The van der Waals surface area contributed by atoms with Crippen LogP contribution in [-0.2, 0) is 28.7 Å². The molecule has 0 bridgehead atoms. The molecule has 45 heavy (non-hydrogen) atoms. The molecule has 1 aromatic rings. The van der Waals surface area contributed by atoms with Gasteiger partial charge in [0.2, 0.25) is 23.6 Å². The Balaban J connectivity index is 1.64. The zero-order valence-corrected chi connectivity index (χ0v) is 27.2. The van der Waals surface area contributed by atoms with Crippen molar-refractivity contribution in [1.82, 2.24) is 20.9 Å². The molecule has 4 rings (SSSR count). The standard InChI is InChI=1S/C35H50N4O6/c1-5-22(3)31-35(44)39-19-13-12-18-29(39)34(43)36-27(17-9-7-8-14-24(40)6-2)32(41)37-28(33(42)38-31)20-23-21-30(45-4)26-16-11-10-15-25(23)26/h10-11,15-16,21-22,27-31H,5-9,12-14,17-20H2,1-4H3,(H,36,43)(H,37,41)(H,38,42)/t22?,27-,28-,29+,30?,31-/m0/s1. The van der Waals surface area contributed by atoms with Crippen molar-refractivity contribution in [2.45, 2.75) is 122 Å². The van der Waals surface area contributed by atoms with Gasteiger partial charge in [-0.2, -0.15) is 0 Å². The van der Waals surface area contributed by atoms with Gasteiger partial charge in [-0.3, -0.25) is 24.0 Å². The van der Waals surface area contributed by atoms with Crippen LogP contribution in [0.3, 0.4) is 0 Å². The maximum absolute atomic E-state index is 14.1. The van der Waals surface area contributed by atoms with E-state index in [1.165, 1.54) is 0 Å². The lowest BCUT2D eigenvalue weighted by atomic mass is 9.92. The molecule has 3 N–H and O–H groups in total. The quantitative estimate of drug-likeness (QED) is 0.302. The van der Waals surface area contributed by atoms with Crippen LogP contribution in [0.25, 0.3) is 5.57 Å². The topological polar surface area (TPSA) is 134 Å². The van der Waals surface area contributed by atoms with Crippen molar-refractivity contribution in [2.24, 2.45) is 5.92 Å². The van der Waals surface area contributed by atoms with Gasteiger partial charge in [0.25, 0.3) is 0 Å². The minimum Gasteiger partial charge on any atom is -0.373 e. The third kappa shape index (κ3) is 8.39. The highest BCUT2D eigenvalue weighted by molar-refractivity contribution is 5.98. The lowest BCUT2D eigenvalue weighted by Crippen LogP contribution is -2.64. The monoisotopic (exact) mass is 622 g/mol. The maximum Gasteiger partial charge on any atom is 0.246 e. The van der Waals surface area contributed by atoms with Gasteiger partial charge in [0.05, 0.1) is 0 Å². The first-order chi connectivity index (χ1) is 21.7. The number of benzene rings is 1. The fourth-order valence-corrected chi connectivity index (χ4v) is 6.62. The predicted molar refractivity (Wildman–Crippen MR) is 172 cm³/mol. The fraction of sp³-hybridized carbons (Fsp3) is 0.629. The molecule has 10 heteroatoms. The Hall–Kier alpha value is -3.53. The van der Waals surface area contributed by atoms with Crippen molar-refractivity contribution in [1.29, 1.82) is 0 Å². The first-order valence-corrected chi connectivity index (χ1v) is 16.7. The third-order valence-corrected chi connectivity index (χ3v) is 9.62. The van der Waals surface area contributed by atoms with Gasteiger partial charge in [0.1, 0.15) is 36.1 Å². The molecule has 2 heterocycles. The van der Waals surface area contributed by atoms with E-state index < -0.39 is 36.0 Å². The second kappa shape index (κ2) is 16.2. The van der Waals surface area contributed by atoms with E-state index in [1.54, 1.807) is 12.0 Å². The van der Waals surface area contributed by atoms with E-state index in [4.69, 9.17) is 4.74 Å². The molecule has 6 atom stereocenters. The summed E-state index contributed by atoms with van der Waals surface area (Å²) in [5.74, 6) is -1.44. The number of unbranched alkanes of at least 4 members (excludes halogenated alkanes) is 2. The molecule has 3 aliphatic rings. The predicted octanol–water partition coefficient (Wildman–Crippen LogP) is 3.99. The van der Waals surface area contributed by atoms with Gasteiger partial charge in [-0.25, -0.2) is 0 Å². The number of ether oxygens (including phenoxy) is 1. The Morgan fingerprint density at radius 3 is 2.42 bits per heavy atom. The fourth-order valence-electron chi connectivity index (χ4n) is 6.62. The Labute approximate surface area is 267 Å². The normalized spacial score (nSPS) is 26.4. The summed E-state index contributed by atoms with van der Waals surface area (Å²) in [6.07, 6.45) is 8.07. The van der Waals surface area contributed by atoms with Crippen molar-refractivity contribution in [2.75, 3.05) is 13.7 Å². The Morgan fingerprint density at radius 1 is 0.956 bits per heavy atom. The number of rotatable bonds is 12. The molecule has 1 aromatic carbocycles. The minimum atomic E-state index is -0.982. The van der Waals surface area contributed by atoms with Gasteiger partial charge in [0, 0.05) is 32.9 Å². The SMILES string of the molecule is CCC(=O)CCCCC[C@@H]1NC(=O)[C@H]2CCCCN2C(=O)[C@H](C(C)CC)NC(=O)[C@H](CC2=CC(OC)c3ccccc32)NC1=O. The summed E-state index contributed by atoms with van der Waals surface area (Å²) >= 11 is 0. The second-order valence-electron chi connectivity index (χ2n) is 12.7. The van der Waals surface area contributed by atoms with Crippen molar-refractivity contribution in [3.63, 3.8) is 0 Å². The lowest BCUT2D eigenvalue weighted by Gasteiger charge is -2.39. The molecule has 0 aromatic heterocycles. The highest BCUT2D eigenvalue weighted by atomic mass is 16.5. The summed E-state index contributed by atoms with van der Waals surface area (Å²) in [5.41, 5.74) is 2.81. The summed E-state index contributed by atoms with van der Waals surface area (Å²) in [5, 5.41) is 8.91. The average Bonchev–Trinajstić information content (AvgIpc) is 3.41. The molecule has 2 unspecified atom stereocenters. The van der Waals surface area contributed by atoms with E-state index >= 15 is 0 Å². The van der Waals surface area contributed by atoms with Crippen LogP contribution in [-0.4, -0.2) is 72.1 Å². The molecule has 2 aliphatic heterocycles. The first-order valence-electron chi connectivity index (χ1n) is 16.7. The van der Waals surface area contributed by atoms with Gasteiger partial charge >= 0.3 is 0 Å². The van der Waals surface area contributed by atoms with Crippen LogP contribution in [0, 0.1) is 5.92 Å². The van der Waals surface area contributed by atoms with Crippen LogP contribution in [0.4, 0.5) is 0 Å². The lowest BCUT2D eigenvalue weighted by molar-refractivity contribution is -0.147. The van der Waals surface area contributed by atoms with Gasteiger partial charge in [-0.1, -0.05) is 64.3 Å². The number of hydrogen-bond donors (Lipinski definition) is 3. The van der Waals surface area contributed by atoms with E-state index in [0.29, 0.717) is 45.1 Å². The highest BCUT2D eigenvalue weighted by Crippen LogP contribution is 2.38. The van der Waals surface area contributed by atoms with Gasteiger partial charge in [0.15, 0.2) is 0 Å². The second-order valence-corrected chi connectivity index (χ2v) is 12.7. The molecular formula is C35H50N4O6. The molecule has 246 valence electrons. The Bertz CT molecular complexity index is 1280. The number of piperidine rings is 1. The van der Waals surface area contributed by atoms with Gasteiger partial charge in [-0.05, 0) is 60.8 Å². The maximum atomic E-state index is 14.1. The zero-order chi connectivity index (χ0) is 32.5. The smallest absolute Gasteiger partial charge is 0.246 e. The van der Waals surface area contributed by atoms with Crippen LogP contribution in [0.5, 0.6) is 0 Å². The van der Waals surface area contributed by atoms with Crippen molar-refractivity contribution in [3.05, 3.63) is 41.5 Å².